The van der Waals surface area contributed by atoms with Gasteiger partial charge in [0.25, 0.3) is 5.91 Å². The number of rotatable bonds is 2. The molecule has 0 radical (unpaired) electrons. The Morgan fingerprint density at radius 2 is 1.89 bits per heavy atom. The second kappa shape index (κ2) is 4.64. The van der Waals surface area contributed by atoms with Crippen LogP contribution in [-0.4, -0.2) is 34.8 Å². The van der Waals surface area contributed by atoms with Crippen molar-refractivity contribution < 1.29 is 9.59 Å². The van der Waals surface area contributed by atoms with Gasteiger partial charge in [-0.2, -0.15) is 0 Å². The lowest BCUT2D eigenvalue weighted by Gasteiger charge is -2.16. The Bertz CT molecular complexity index is 500. The first-order valence-electron chi connectivity index (χ1n) is 6.70. The average Bonchev–Trinajstić information content (AvgIpc) is 2.98. The summed E-state index contributed by atoms with van der Waals surface area (Å²) in [6.45, 7) is 1.70. The van der Waals surface area contributed by atoms with Crippen molar-refractivity contribution in [2.75, 3.05) is 13.1 Å². The summed E-state index contributed by atoms with van der Waals surface area (Å²) in [5.74, 6) is 0.787. The first-order valence-corrected chi connectivity index (χ1v) is 6.70. The summed E-state index contributed by atoms with van der Waals surface area (Å²) < 4.78 is 0. The molecule has 3 rings (SSSR count). The van der Waals surface area contributed by atoms with Gasteiger partial charge < -0.3 is 10.6 Å². The monoisotopic (exact) mass is 259 g/mol. The molecule has 5 nitrogen and oxygen atoms in total. The number of nitrogens with zero attached hydrogens (tertiary/aromatic N) is 2. The number of pyridine rings is 1. The van der Waals surface area contributed by atoms with Crippen molar-refractivity contribution in [3.8, 4) is 0 Å². The standard InChI is InChI=1S/C14H17N3O2/c15-13(18)9-4-5-12(16-6-9)14(19)17-7-10-2-1-3-11(10)8-17/h4-6,10-11H,1-3,7-8H2,(H2,15,18). The summed E-state index contributed by atoms with van der Waals surface area (Å²) in [7, 11) is 0. The van der Waals surface area contributed by atoms with Crippen molar-refractivity contribution >= 4 is 11.8 Å². The van der Waals surface area contributed by atoms with Crippen LogP contribution in [0.3, 0.4) is 0 Å². The van der Waals surface area contributed by atoms with Crippen molar-refractivity contribution in [2.24, 2.45) is 17.6 Å². The summed E-state index contributed by atoms with van der Waals surface area (Å²) in [6, 6.07) is 3.13. The molecule has 2 unspecified atom stereocenters. The molecule has 19 heavy (non-hydrogen) atoms. The molecule has 2 amide bonds. The van der Waals surface area contributed by atoms with Gasteiger partial charge in [-0.1, -0.05) is 6.42 Å². The molecule has 2 fully saturated rings. The van der Waals surface area contributed by atoms with E-state index in [2.05, 4.69) is 4.98 Å². The number of aromatic nitrogens is 1. The highest BCUT2D eigenvalue weighted by molar-refractivity contribution is 5.95. The summed E-state index contributed by atoms with van der Waals surface area (Å²) in [4.78, 5) is 29.2. The molecule has 1 saturated carbocycles. The fourth-order valence-electron chi connectivity index (χ4n) is 3.23. The van der Waals surface area contributed by atoms with Gasteiger partial charge in [0.05, 0.1) is 5.56 Å². The SMILES string of the molecule is NC(=O)c1ccc(C(=O)N2CC3CCCC3C2)nc1. The minimum atomic E-state index is -0.526. The third-order valence-corrected chi connectivity index (χ3v) is 4.28. The molecule has 2 N–H and O–H groups in total. The van der Waals surface area contributed by atoms with Gasteiger partial charge in [-0.15, -0.1) is 0 Å². The van der Waals surface area contributed by atoms with Crippen LogP contribution in [0, 0.1) is 11.8 Å². The van der Waals surface area contributed by atoms with Gasteiger partial charge in [0.1, 0.15) is 5.69 Å². The van der Waals surface area contributed by atoms with Gasteiger partial charge in [-0.05, 0) is 36.8 Å². The number of nitrogens with two attached hydrogens (primary N) is 1. The van der Waals surface area contributed by atoms with E-state index in [1.54, 1.807) is 12.1 Å². The van der Waals surface area contributed by atoms with Gasteiger partial charge in [0.15, 0.2) is 0 Å². The maximum Gasteiger partial charge on any atom is 0.272 e. The Kier molecular flexibility index (Phi) is 2.97. The van der Waals surface area contributed by atoms with E-state index < -0.39 is 5.91 Å². The maximum atomic E-state index is 12.3. The minimum absolute atomic E-state index is 0.0366. The molecule has 5 heteroatoms. The number of hydrogen-bond acceptors (Lipinski definition) is 3. The summed E-state index contributed by atoms with van der Waals surface area (Å²) in [5, 5.41) is 0. The number of primary amides is 1. The van der Waals surface area contributed by atoms with Crippen molar-refractivity contribution in [3.05, 3.63) is 29.6 Å². The van der Waals surface area contributed by atoms with E-state index in [0.717, 1.165) is 13.1 Å². The molecule has 100 valence electrons. The van der Waals surface area contributed by atoms with Crippen LogP contribution < -0.4 is 5.73 Å². The minimum Gasteiger partial charge on any atom is -0.366 e. The average molecular weight is 259 g/mol. The second-order valence-electron chi connectivity index (χ2n) is 5.46. The van der Waals surface area contributed by atoms with Crippen molar-refractivity contribution in [1.82, 2.24) is 9.88 Å². The summed E-state index contributed by atoms with van der Waals surface area (Å²) in [5.41, 5.74) is 5.87. The van der Waals surface area contributed by atoms with Gasteiger partial charge in [-0.25, -0.2) is 0 Å². The Hall–Kier alpha value is -1.91. The third-order valence-electron chi connectivity index (χ3n) is 4.28. The van der Waals surface area contributed by atoms with E-state index in [4.69, 9.17) is 5.73 Å². The molecule has 1 aromatic rings. The molecule has 1 aliphatic heterocycles. The zero-order chi connectivity index (χ0) is 13.4. The Morgan fingerprint density at radius 3 is 2.42 bits per heavy atom. The van der Waals surface area contributed by atoms with Crippen LogP contribution in [0.1, 0.15) is 40.1 Å². The Labute approximate surface area is 111 Å². The fourth-order valence-corrected chi connectivity index (χ4v) is 3.23. The van der Waals surface area contributed by atoms with Crippen LogP contribution in [0.25, 0.3) is 0 Å². The van der Waals surface area contributed by atoms with E-state index in [9.17, 15) is 9.59 Å². The smallest absolute Gasteiger partial charge is 0.272 e. The van der Waals surface area contributed by atoms with Crippen LogP contribution >= 0.6 is 0 Å². The van der Waals surface area contributed by atoms with Crippen LogP contribution in [0.2, 0.25) is 0 Å². The number of fused-ring (bicyclic) bond motifs is 1. The predicted molar refractivity (Wildman–Crippen MR) is 69.5 cm³/mol. The van der Waals surface area contributed by atoms with E-state index in [1.807, 2.05) is 4.90 Å². The molecule has 2 atom stereocenters. The highest BCUT2D eigenvalue weighted by Crippen LogP contribution is 2.37. The lowest BCUT2D eigenvalue weighted by Crippen LogP contribution is -2.30. The van der Waals surface area contributed by atoms with Crippen molar-refractivity contribution in [3.63, 3.8) is 0 Å². The van der Waals surface area contributed by atoms with Crippen LogP contribution in [-0.2, 0) is 0 Å². The van der Waals surface area contributed by atoms with Crippen molar-refractivity contribution in [2.45, 2.75) is 19.3 Å². The van der Waals surface area contributed by atoms with Gasteiger partial charge in [-0.3, -0.25) is 14.6 Å². The lowest BCUT2D eigenvalue weighted by molar-refractivity contribution is 0.0774. The number of carbonyl (C=O) groups is 2. The molecule has 0 aromatic carbocycles. The number of amides is 2. The molecule has 1 aromatic heterocycles. The topological polar surface area (TPSA) is 76.3 Å². The summed E-state index contributed by atoms with van der Waals surface area (Å²) >= 11 is 0. The van der Waals surface area contributed by atoms with E-state index in [1.165, 1.54) is 25.5 Å². The fraction of sp³-hybridized carbons (Fsp3) is 0.500. The van der Waals surface area contributed by atoms with E-state index in [-0.39, 0.29) is 5.91 Å². The van der Waals surface area contributed by atoms with Crippen molar-refractivity contribution in [1.29, 1.82) is 0 Å². The maximum absolute atomic E-state index is 12.3. The second-order valence-corrected chi connectivity index (χ2v) is 5.46. The van der Waals surface area contributed by atoms with Gasteiger partial charge in [0, 0.05) is 19.3 Å². The van der Waals surface area contributed by atoms with E-state index in [0.29, 0.717) is 23.1 Å². The number of carbonyl (C=O) groups excluding carboxylic acids is 2. The lowest BCUT2D eigenvalue weighted by atomic mass is 10.0. The Morgan fingerprint density at radius 1 is 1.21 bits per heavy atom. The molecule has 0 bridgehead atoms. The first kappa shape index (κ1) is 12.1. The molecule has 2 heterocycles. The van der Waals surface area contributed by atoms with Crippen LogP contribution in [0.5, 0.6) is 0 Å². The molecule has 0 spiro atoms. The molecule has 1 aliphatic carbocycles. The zero-order valence-electron chi connectivity index (χ0n) is 10.7. The Balaban J connectivity index is 1.72. The molecular formula is C14H17N3O2. The number of likely N-dealkylation sites (tertiary alicyclic amines) is 1. The molecular weight excluding hydrogens is 242 g/mol. The highest BCUT2D eigenvalue weighted by Gasteiger charge is 2.38. The zero-order valence-corrected chi connectivity index (χ0v) is 10.7. The molecule has 1 saturated heterocycles. The van der Waals surface area contributed by atoms with Crippen LogP contribution in [0.15, 0.2) is 18.3 Å². The number of hydrogen-bond donors (Lipinski definition) is 1. The normalized spacial score (nSPS) is 25.4. The predicted octanol–water partition coefficient (Wildman–Crippen LogP) is 1.05. The largest absolute Gasteiger partial charge is 0.366 e. The van der Waals surface area contributed by atoms with Gasteiger partial charge in [0.2, 0.25) is 5.91 Å². The van der Waals surface area contributed by atoms with E-state index >= 15 is 0 Å². The van der Waals surface area contributed by atoms with Gasteiger partial charge >= 0.3 is 0 Å². The first-order chi connectivity index (χ1) is 9.15. The third kappa shape index (κ3) is 2.20. The quantitative estimate of drug-likeness (QED) is 0.862. The molecule has 2 aliphatic rings. The summed E-state index contributed by atoms with van der Waals surface area (Å²) in [6.07, 6.45) is 5.14. The van der Waals surface area contributed by atoms with Crippen LogP contribution in [0.4, 0.5) is 0 Å². The highest BCUT2D eigenvalue weighted by atomic mass is 16.2.